The zero-order valence-electron chi connectivity index (χ0n) is 30.7. The third-order valence-electron chi connectivity index (χ3n) is 7.96. The van der Waals surface area contributed by atoms with E-state index < -0.39 is 0 Å². The van der Waals surface area contributed by atoms with Gasteiger partial charge >= 0.3 is 0 Å². The predicted octanol–water partition coefficient (Wildman–Crippen LogP) is 19.1. The maximum atomic E-state index is 2.55. The molecule has 0 fully saturated rings. The number of rotatable bonds is 9. The Balaban J connectivity index is 1.66. The lowest BCUT2D eigenvalue weighted by atomic mass is 9.96. The monoisotopic (exact) mass is 982 g/mol. The summed E-state index contributed by atoms with van der Waals surface area (Å²) >= 11 is 31.0. The number of hydrogen-bond donors (Lipinski definition) is 0. The van der Waals surface area contributed by atoms with Gasteiger partial charge in [0.1, 0.15) is 0 Å². The van der Waals surface area contributed by atoms with Crippen LogP contribution in [0.5, 0.6) is 0 Å². The van der Waals surface area contributed by atoms with Crippen molar-refractivity contribution in [2.75, 3.05) is 25.0 Å². The van der Waals surface area contributed by atoms with Gasteiger partial charge in [-0.1, -0.05) is 141 Å². The second kappa shape index (κ2) is 19.7. The largest absolute Gasteiger partial charge is 0.121 e. The van der Waals surface area contributed by atoms with Gasteiger partial charge in [0, 0.05) is 22.3 Å². The third kappa shape index (κ3) is 9.91. The van der Waals surface area contributed by atoms with Gasteiger partial charge in [-0.05, 0) is 132 Å². The summed E-state index contributed by atoms with van der Waals surface area (Å²) in [6.45, 7) is 18.4. The molecule has 0 atom stereocenters. The molecule has 6 aliphatic rings. The summed E-state index contributed by atoms with van der Waals surface area (Å²) < 4.78 is 13.9. The standard InChI is InChI=1S/C36H38S16/c1-15-16(2)42-29(41-15)23(13-25-49-33(37-9)34(38-10)50-25)27(31-45-19(5)20(6)46-31)28(32-47-21(7)22(8)48-32)24(30-43-17(3)18(4)44-30)14-26-51-35(39-11)36(40-12)52-26/h13-14H,1-12H3. The van der Waals surface area contributed by atoms with Gasteiger partial charge in [-0.25, -0.2) is 0 Å². The molecule has 6 heterocycles. The van der Waals surface area contributed by atoms with Gasteiger partial charge < -0.3 is 0 Å². The van der Waals surface area contributed by atoms with E-state index in [9.17, 15) is 0 Å². The zero-order valence-corrected chi connectivity index (χ0v) is 43.8. The van der Waals surface area contributed by atoms with E-state index in [2.05, 4.69) is 92.6 Å². The molecule has 0 aromatic heterocycles. The maximum Gasteiger partial charge on any atom is 0.0657 e. The topological polar surface area (TPSA) is 0 Å². The Bertz CT molecular complexity index is 1740. The second-order valence-electron chi connectivity index (χ2n) is 11.3. The van der Waals surface area contributed by atoms with Gasteiger partial charge in [0.2, 0.25) is 0 Å². The quantitative estimate of drug-likeness (QED) is 0.215. The van der Waals surface area contributed by atoms with Gasteiger partial charge in [0.15, 0.2) is 0 Å². The molecule has 0 bridgehead atoms. The number of allylic oxidation sites excluding steroid dienone is 14. The van der Waals surface area contributed by atoms with Crippen LogP contribution >= 0.6 is 188 Å². The van der Waals surface area contributed by atoms with Gasteiger partial charge in [0.05, 0.1) is 42.4 Å². The predicted molar refractivity (Wildman–Crippen MR) is 277 cm³/mol. The third-order valence-corrected chi connectivity index (χ3v) is 28.7. The zero-order chi connectivity index (χ0) is 37.4. The van der Waals surface area contributed by atoms with Crippen molar-refractivity contribution in [3.05, 3.63) is 116 Å². The summed E-state index contributed by atoms with van der Waals surface area (Å²) in [5.41, 5.74) is 5.49. The van der Waals surface area contributed by atoms with E-state index in [0.29, 0.717) is 0 Å². The molecule has 0 aromatic carbocycles. The van der Waals surface area contributed by atoms with Crippen LogP contribution in [-0.2, 0) is 0 Å². The lowest BCUT2D eigenvalue weighted by molar-refractivity contribution is 1.42. The molecule has 0 amide bonds. The fourth-order valence-corrected chi connectivity index (χ4v) is 25.0. The van der Waals surface area contributed by atoms with Crippen LogP contribution in [-0.4, -0.2) is 25.0 Å². The van der Waals surface area contributed by atoms with E-state index in [1.807, 2.05) is 188 Å². The van der Waals surface area contributed by atoms with Gasteiger partial charge in [-0.15, -0.1) is 47.0 Å². The van der Waals surface area contributed by atoms with Gasteiger partial charge in [0.25, 0.3) is 0 Å². The molecule has 0 aromatic rings. The van der Waals surface area contributed by atoms with Crippen molar-refractivity contribution in [1.29, 1.82) is 0 Å². The molecule has 0 spiro atoms. The minimum Gasteiger partial charge on any atom is -0.121 e. The van der Waals surface area contributed by atoms with Crippen LogP contribution in [0.2, 0.25) is 0 Å². The molecule has 0 saturated heterocycles. The fraction of sp³-hybridized carbons (Fsp3) is 0.333. The summed E-state index contributed by atoms with van der Waals surface area (Å²) in [6.07, 6.45) is 14.0. The summed E-state index contributed by atoms with van der Waals surface area (Å²) in [5.74, 6) is 0. The first kappa shape index (κ1) is 44.0. The molecule has 0 unspecified atom stereocenters. The average molecular weight is 984 g/mol. The highest BCUT2D eigenvalue weighted by Crippen LogP contribution is 2.65. The summed E-state index contributed by atoms with van der Waals surface area (Å²) in [5, 5.41) is 0. The fourth-order valence-electron chi connectivity index (χ4n) is 4.78. The highest BCUT2D eigenvalue weighted by molar-refractivity contribution is 8.41. The van der Waals surface area contributed by atoms with Crippen molar-refractivity contribution in [3.63, 3.8) is 0 Å². The van der Waals surface area contributed by atoms with Crippen molar-refractivity contribution in [1.82, 2.24) is 0 Å². The molecule has 0 N–H and O–H groups in total. The Labute approximate surface area is 379 Å². The van der Waals surface area contributed by atoms with Crippen LogP contribution in [0.3, 0.4) is 0 Å². The number of hydrogen-bond acceptors (Lipinski definition) is 16. The molecular formula is C36H38S16. The Hall–Kier alpha value is 2.48. The summed E-state index contributed by atoms with van der Waals surface area (Å²) in [7, 11) is 0. The van der Waals surface area contributed by atoms with E-state index in [1.165, 1.54) is 104 Å². The molecule has 278 valence electrons. The second-order valence-corrected chi connectivity index (χ2v) is 31.2. The van der Waals surface area contributed by atoms with Crippen molar-refractivity contribution in [2.45, 2.75) is 55.4 Å². The first-order chi connectivity index (χ1) is 24.8. The Morgan fingerprint density at radius 2 is 0.538 bits per heavy atom. The normalized spacial score (nSPS) is 21.3. The van der Waals surface area contributed by atoms with E-state index in [0.717, 1.165) is 0 Å². The molecule has 6 rings (SSSR count). The van der Waals surface area contributed by atoms with E-state index in [1.54, 1.807) is 0 Å². The Morgan fingerprint density at radius 1 is 0.327 bits per heavy atom. The Kier molecular flexibility index (Phi) is 16.7. The van der Waals surface area contributed by atoms with Crippen molar-refractivity contribution >= 4 is 188 Å². The van der Waals surface area contributed by atoms with Crippen molar-refractivity contribution < 1.29 is 0 Å². The maximum absolute atomic E-state index is 2.55. The lowest BCUT2D eigenvalue weighted by Gasteiger charge is -2.23. The van der Waals surface area contributed by atoms with Crippen LogP contribution < -0.4 is 0 Å². The van der Waals surface area contributed by atoms with Crippen molar-refractivity contribution in [3.8, 4) is 0 Å². The molecule has 52 heavy (non-hydrogen) atoms. The smallest absolute Gasteiger partial charge is 0.0657 e. The minimum absolute atomic E-state index is 1.36. The molecule has 0 nitrogen and oxygen atoms in total. The van der Waals surface area contributed by atoms with E-state index in [-0.39, 0.29) is 0 Å². The van der Waals surface area contributed by atoms with Crippen molar-refractivity contribution in [2.24, 2.45) is 0 Å². The average Bonchev–Trinajstić information content (AvgIpc) is 3.97. The highest BCUT2D eigenvalue weighted by atomic mass is 32.3. The van der Waals surface area contributed by atoms with Crippen LogP contribution in [0.25, 0.3) is 0 Å². The molecule has 0 aliphatic carbocycles. The van der Waals surface area contributed by atoms with Crippen LogP contribution in [0.15, 0.2) is 116 Å². The lowest BCUT2D eigenvalue weighted by Crippen LogP contribution is -2.03. The van der Waals surface area contributed by atoms with E-state index in [4.69, 9.17) is 0 Å². The van der Waals surface area contributed by atoms with Crippen LogP contribution in [0.1, 0.15) is 55.4 Å². The highest BCUT2D eigenvalue weighted by Gasteiger charge is 2.35. The first-order valence-corrected chi connectivity index (χ1v) is 30.5. The SMILES string of the molecule is CSC1=C(SC)SC(=CC(=C2SC(C)=C(C)S2)C(=C2SC(C)=C(C)S2)C(=C2SC(C)=C(C)S2)C(C=C2SC(SC)=C(SC)S2)=C2SC(C)=C(C)S2)S1. The van der Waals surface area contributed by atoms with Crippen LogP contribution in [0.4, 0.5) is 0 Å². The minimum atomic E-state index is 1.36. The van der Waals surface area contributed by atoms with Crippen LogP contribution in [0, 0.1) is 0 Å². The summed E-state index contributed by atoms with van der Waals surface area (Å²) in [4.78, 5) is 11.2. The summed E-state index contributed by atoms with van der Waals surface area (Å²) in [6, 6.07) is 0. The molecule has 16 heteroatoms. The number of thioether (sulfide) groups is 16. The van der Waals surface area contributed by atoms with E-state index >= 15 is 0 Å². The molecule has 0 saturated carbocycles. The Morgan fingerprint density at radius 3 is 0.750 bits per heavy atom. The first-order valence-electron chi connectivity index (χ1n) is 15.8. The molecular weight excluding hydrogens is 945 g/mol. The molecule has 6 aliphatic heterocycles. The van der Waals surface area contributed by atoms with Gasteiger partial charge in [-0.3, -0.25) is 0 Å². The van der Waals surface area contributed by atoms with Gasteiger partial charge in [-0.2, -0.15) is 0 Å². The molecule has 0 radical (unpaired) electrons.